The van der Waals surface area contributed by atoms with Crippen LogP contribution in [0, 0.1) is 5.82 Å². The number of ether oxygens (including phenoxy) is 1. The van der Waals surface area contributed by atoms with Gasteiger partial charge in [0.15, 0.2) is 0 Å². The number of nitrogens with one attached hydrogen (secondary N) is 1. The molecular formula is C25H17BrClFN2O4. The van der Waals surface area contributed by atoms with Gasteiger partial charge in [-0.3, -0.25) is 14.9 Å². The predicted octanol–water partition coefficient (Wildman–Crippen LogP) is 5.51. The van der Waals surface area contributed by atoms with Gasteiger partial charge in [0, 0.05) is 21.5 Å². The molecule has 1 saturated heterocycles. The smallest absolute Gasteiger partial charge is 0.335 e. The van der Waals surface area contributed by atoms with Crippen molar-refractivity contribution in [3.05, 3.63) is 98.2 Å². The summed E-state index contributed by atoms with van der Waals surface area (Å²) in [6.07, 6.45) is 1.77. The van der Waals surface area contributed by atoms with Crippen LogP contribution in [-0.4, -0.2) is 25.0 Å². The summed E-state index contributed by atoms with van der Waals surface area (Å²) in [5.74, 6) is -1.45. The summed E-state index contributed by atoms with van der Waals surface area (Å²) in [6, 6.07) is 14.9. The van der Waals surface area contributed by atoms with Crippen LogP contribution in [-0.2, 0) is 16.0 Å². The van der Waals surface area contributed by atoms with Crippen molar-refractivity contribution in [3.63, 3.8) is 0 Å². The topological polar surface area (TPSA) is 75.7 Å². The molecule has 0 radical (unpaired) electrons. The fourth-order valence-corrected chi connectivity index (χ4v) is 4.38. The minimum absolute atomic E-state index is 0.230. The highest BCUT2D eigenvalue weighted by atomic mass is 79.9. The van der Waals surface area contributed by atoms with E-state index in [1.54, 1.807) is 36.4 Å². The van der Waals surface area contributed by atoms with Gasteiger partial charge in [0.2, 0.25) is 0 Å². The molecule has 1 aliphatic rings. The van der Waals surface area contributed by atoms with E-state index in [1.165, 1.54) is 37.5 Å². The lowest BCUT2D eigenvalue weighted by atomic mass is 10.0. The van der Waals surface area contributed by atoms with Crippen LogP contribution in [0.1, 0.15) is 16.7 Å². The Morgan fingerprint density at radius 2 is 1.85 bits per heavy atom. The van der Waals surface area contributed by atoms with Gasteiger partial charge in [-0.2, -0.15) is 0 Å². The predicted molar refractivity (Wildman–Crippen MR) is 130 cm³/mol. The molecule has 1 heterocycles. The third-order valence-electron chi connectivity index (χ3n) is 5.15. The molecule has 3 aromatic carbocycles. The number of methoxy groups -OCH3 is 1. The minimum Gasteiger partial charge on any atom is -0.496 e. The van der Waals surface area contributed by atoms with Crippen LogP contribution in [0.25, 0.3) is 6.08 Å². The zero-order valence-corrected chi connectivity index (χ0v) is 20.1. The normalized spacial score (nSPS) is 15.0. The Hall–Kier alpha value is -3.49. The molecule has 1 fully saturated rings. The number of urea groups is 1. The van der Waals surface area contributed by atoms with Crippen LogP contribution >= 0.6 is 27.5 Å². The summed E-state index contributed by atoms with van der Waals surface area (Å²) in [6.45, 7) is 0. The van der Waals surface area contributed by atoms with Crippen LogP contribution in [0.4, 0.5) is 14.9 Å². The van der Waals surface area contributed by atoms with E-state index in [0.29, 0.717) is 27.2 Å². The van der Waals surface area contributed by atoms with Crippen LogP contribution in [0.5, 0.6) is 5.75 Å². The van der Waals surface area contributed by atoms with E-state index in [9.17, 15) is 18.8 Å². The molecule has 0 bridgehead atoms. The lowest BCUT2D eigenvalue weighted by Gasteiger charge is -2.26. The SMILES string of the molecule is COc1cc(/C=C2\C(=O)NC(=O)N(c3cccc(Cl)c3)C2=O)cc(Br)c1Cc1cccc(F)c1. The summed E-state index contributed by atoms with van der Waals surface area (Å²) in [4.78, 5) is 38.8. The number of halogens is 3. The maximum Gasteiger partial charge on any atom is 0.335 e. The fourth-order valence-electron chi connectivity index (χ4n) is 3.59. The van der Waals surface area contributed by atoms with Crippen molar-refractivity contribution >= 4 is 57.1 Å². The van der Waals surface area contributed by atoms with Crippen LogP contribution in [0.15, 0.2) is 70.7 Å². The van der Waals surface area contributed by atoms with Crippen LogP contribution in [0.3, 0.4) is 0 Å². The van der Waals surface area contributed by atoms with Crippen molar-refractivity contribution in [1.29, 1.82) is 0 Å². The van der Waals surface area contributed by atoms with Crippen molar-refractivity contribution in [2.45, 2.75) is 6.42 Å². The molecule has 0 aromatic heterocycles. The molecule has 0 saturated carbocycles. The third kappa shape index (κ3) is 4.88. The molecule has 172 valence electrons. The number of nitrogens with zero attached hydrogens (tertiary/aromatic N) is 1. The summed E-state index contributed by atoms with van der Waals surface area (Å²) in [5.41, 5.74) is 2.02. The Labute approximate surface area is 208 Å². The minimum atomic E-state index is -0.862. The van der Waals surface area contributed by atoms with Gasteiger partial charge in [-0.1, -0.05) is 45.7 Å². The lowest BCUT2D eigenvalue weighted by Crippen LogP contribution is -2.54. The summed E-state index contributed by atoms with van der Waals surface area (Å²) < 4.78 is 19.8. The van der Waals surface area contributed by atoms with E-state index >= 15 is 0 Å². The molecular weight excluding hydrogens is 527 g/mol. The molecule has 0 spiro atoms. The number of benzene rings is 3. The monoisotopic (exact) mass is 542 g/mol. The summed E-state index contributed by atoms with van der Waals surface area (Å²) >= 11 is 9.50. The number of hydrogen-bond acceptors (Lipinski definition) is 4. The van der Waals surface area contributed by atoms with E-state index in [1.807, 2.05) is 0 Å². The molecule has 4 amide bonds. The molecule has 6 nitrogen and oxygen atoms in total. The first-order chi connectivity index (χ1) is 16.3. The second-order valence-electron chi connectivity index (χ2n) is 7.43. The molecule has 0 aliphatic carbocycles. The van der Waals surface area contributed by atoms with Gasteiger partial charge >= 0.3 is 6.03 Å². The van der Waals surface area contributed by atoms with E-state index in [-0.39, 0.29) is 17.1 Å². The average molecular weight is 544 g/mol. The molecule has 1 aliphatic heterocycles. The zero-order valence-electron chi connectivity index (χ0n) is 17.8. The Bertz CT molecular complexity index is 1360. The lowest BCUT2D eigenvalue weighted by molar-refractivity contribution is -0.122. The van der Waals surface area contributed by atoms with Gasteiger partial charge < -0.3 is 4.74 Å². The Balaban J connectivity index is 1.71. The second-order valence-corrected chi connectivity index (χ2v) is 8.72. The molecule has 3 aromatic rings. The number of imide groups is 2. The number of carbonyl (C=O) groups is 3. The summed E-state index contributed by atoms with van der Waals surface area (Å²) in [7, 11) is 1.49. The molecule has 34 heavy (non-hydrogen) atoms. The van der Waals surface area contributed by atoms with Crippen molar-refractivity contribution in [1.82, 2.24) is 5.32 Å². The van der Waals surface area contributed by atoms with Gasteiger partial charge in [0.1, 0.15) is 17.1 Å². The third-order valence-corrected chi connectivity index (χ3v) is 6.09. The first-order valence-electron chi connectivity index (χ1n) is 10.0. The quantitative estimate of drug-likeness (QED) is 0.340. The van der Waals surface area contributed by atoms with Crippen LogP contribution in [0.2, 0.25) is 5.02 Å². The maximum absolute atomic E-state index is 13.6. The highest BCUT2D eigenvalue weighted by Crippen LogP contribution is 2.33. The number of barbiturate groups is 1. The Kier molecular flexibility index (Phi) is 6.81. The van der Waals surface area contributed by atoms with E-state index in [4.69, 9.17) is 16.3 Å². The van der Waals surface area contributed by atoms with Crippen molar-refractivity contribution in [3.8, 4) is 5.75 Å². The van der Waals surface area contributed by atoms with E-state index in [2.05, 4.69) is 21.2 Å². The highest BCUT2D eigenvalue weighted by molar-refractivity contribution is 9.10. The van der Waals surface area contributed by atoms with E-state index in [0.717, 1.165) is 16.0 Å². The highest BCUT2D eigenvalue weighted by Gasteiger charge is 2.37. The maximum atomic E-state index is 13.6. The molecule has 4 rings (SSSR count). The number of rotatable bonds is 5. The van der Waals surface area contributed by atoms with Gasteiger partial charge in [-0.15, -0.1) is 0 Å². The van der Waals surface area contributed by atoms with Crippen molar-refractivity contribution < 1.29 is 23.5 Å². The Morgan fingerprint density at radius 1 is 1.09 bits per heavy atom. The number of anilines is 1. The van der Waals surface area contributed by atoms with Gasteiger partial charge in [0.25, 0.3) is 11.8 Å². The number of amides is 4. The van der Waals surface area contributed by atoms with E-state index < -0.39 is 17.8 Å². The van der Waals surface area contributed by atoms with Crippen molar-refractivity contribution in [2.24, 2.45) is 0 Å². The molecule has 0 unspecified atom stereocenters. The average Bonchev–Trinajstić information content (AvgIpc) is 2.78. The molecule has 0 atom stereocenters. The molecule has 9 heteroatoms. The van der Waals surface area contributed by atoms with Crippen LogP contribution < -0.4 is 15.0 Å². The number of hydrogen-bond donors (Lipinski definition) is 1. The van der Waals surface area contributed by atoms with Gasteiger partial charge in [-0.05, 0) is 59.7 Å². The number of carbonyl (C=O) groups excluding carboxylic acids is 3. The standard InChI is InChI=1S/C25H17BrClFN2O4/c1-34-22-12-15(11-21(26)19(22)9-14-4-2-6-17(28)8-14)10-20-23(31)29-25(33)30(24(20)32)18-7-3-5-16(27)13-18/h2-8,10-13H,9H2,1H3,(H,29,31,33)/b20-10+. The summed E-state index contributed by atoms with van der Waals surface area (Å²) in [5, 5.41) is 2.51. The Morgan fingerprint density at radius 3 is 2.56 bits per heavy atom. The largest absolute Gasteiger partial charge is 0.496 e. The fraction of sp³-hybridized carbons (Fsp3) is 0.0800. The van der Waals surface area contributed by atoms with Gasteiger partial charge in [0.05, 0.1) is 12.8 Å². The zero-order chi connectivity index (χ0) is 24.4. The molecule has 1 N–H and O–H groups in total. The first kappa shape index (κ1) is 23.7. The van der Waals surface area contributed by atoms with Crippen molar-refractivity contribution in [2.75, 3.05) is 12.0 Å². The van der Waals surface area contributed by atoms with Gasteiger partial charge in [-0.25, -0.2) is 14.1 Å². The first-order valence-corrected chi connectivity index (χ1v) is 11.2. The second kappa shape index (κ2) is 9.79.